The fourth-order valence-corrected chi connectivity index (χ4v) is 4.46. The molecule has 8 heteroatoms. The highest BCUT2D eigenvalue weighted by atomic mass is 19.1. The number of alkyl halides is 1. The fourth-order valence-electron chi connectivity index (χ4n) is 4.46. The topological polar surface area (TPSA) is 76.4 Å². The van der Waals surface area contributed by atoms with E-state index in [9.17, 15) is 4.39 Å². The maximum Gasteiger partial charge on any atom is 0.157 e. The summed E-state index contributed by atoms with van der Waals surface area (Å²) < 4.78 is 21.9. The molecule has 3 aromatic rings. The van der Waals surface area contributed by atoms with Gasteiger partial charge in [-0.2, -0.15) is 5.10 Å². The number of nitrogens with zero attached hydrogens (tertiary/aromatic N) is 4. The van der Waals surface area contributed by atoms with Gasteiger partial charge < -0.3 is 15.4 Å². The number of ether oxygens (including phenoxy) is 1. The van der Waals surface area contributed by atoms with Gasteiger partial charge in [0, 0.05) is 18.5 Å². The van der Waals surface area contributed by atoms with Gasteiger partial charge in [0.05, 0.1) is 25.0 Å². The number of nitrogens with one attached hydrogen (secondary N) is 2. The molecule has 31 heavy (non-hydrogen) atoms. The van der Waals surface area contributed by atoms with Gasteiger partial charge in [-0.1, -0.05) is 0 Å². The van der Waals surface area contributed by atoms with Crippen LogP contribution in [0.4, 0.5) is 10.2 Å². The molecule has 162 valence electrons. The van der Waals surface area contributed by atoms with Crippen LogP contribution in [0, 0.1) is 0 Å². The summed E-state index contributed by atoms with van der Waals surface area (Å²) in [6, 6.07) is 5.91. The second-order valence-corrected chi connectivity index (χ2v) is 8.99. The zero-order chi connectivity index (χ0) is 20.9. The number of imidazole rings is 1. The summed E-state index contributed by atoms with van der Waals surface area (Å²) in [5.41, 5.74) is 4.64. The van der Waals surface area contributed by atoms with Crippen LogP contribution in [-0.2, 0) is 0 Å². The third kappa shape index (κ3) is 3.63. The summed E-state index contributed by atoms with van der Waals surface area (Å²) >= 11 is 0. The van der Waals surface area contributed by atoms with Crippen molar-refractivity contribution in [3.63, 3.8) is 0 Å². The van der Waals surface area contributed by atoms with Crippen molar-refractivity contribution in [2.75, 3.05) is 25.5 Å². The molecule has 1 aliphatic heterocycles. The Morgan fingerprint density at radius 2 is 1.97 bits per heavy atom. The molecule has 0 aromatic carbocycles. The standard InChI is InChI=1S/C23H27FN6O/c1-31-20-10-22-26-12-19(30(22)29-23(20)14-4-5-14)17-8-15(13-2-3-13)9-21(27-17)28-18-11-25-7-6-16(18)24/h8-10,12-14,16,18,25H,2-7,11H2,1H3,(H,27,28)/t16-,18-/m0/s1. The first-order chi connectivity index (χ1) is 15.2. The van der Waals surface area contributed by atoms with Gasteiger partial charge >= 0.3 is 0 Å². The van der Waals surface area contributed by atoms with E-state index in [4.69, 9.17) is 14.8 Å². The van der Waals surface area contributed by atoms with Gasteiger partial charge in [0.25, 0.3) is 0 Å². The summed E-state index contributed by atoms with van der Waals surface area (Å²) in [5, 5.41) is 11.5. The normalized spacial score (nSPS) is 23.8. The predicted molar refractivity (Wildman–Crippen MR) is 117 cm³/mol. The monoisotopic (exact) mass is 422 g/mol. The summed E-state index contributed by atoms with van der Waals surface area (Å²) in [5.74, 6) is 2.54. The first-order valence-corrected chi connectivity index (χ1v) is 11.3. The van der Waals surface area contributed by atoms with Gasteiger partial charge in [-0.25, -0.2) is 18.9 Å². The lowest BCUT2D eigenvalue weighted by molar-refractivity contribution is 0.241. The molecular weight excluding hydrogens is 395 g/mol. The number of hydrogen-bond donors (Lipinski definition) is 2. The van der Waals surface area contributed by atoms with Crippen LogP contribution in [0.5, 0.6) is 5.75 Å². The molecule has 7 nitrogen and oxygen atoms in total. The van der Waals surface area contributed by atoms with E-state index in [-0.39, 0.29) is 6.04 Å². The van der Waals surface area contributed by atoms with Crippen LogP contribution < -0.4 is 15.4 Å². The fraction of sp³-hybridized carbons (Fsp3) is 0.522. The molecule has 3 fully saturated rings. The Kier molecular flexibility index (Phi) is 4.56. The Hall–Kier alpha value is -2.74. The highest BCUT2D eigenvalue weighted by molar-refractivity contribution is 5.64. The van der Waals surface area contributed by atoms with Crippen molar-refractivity contribution in [2.24, 2.45) is 0 Å². The molecule has 0 radical (unpaired) electrons. The van der Waals surface area contributed by atoms with Crippen molar-refractivity contribution >= 4 is 11.5 Å². The number of aromatic nitrogens is 4. The Morgan fingerprint density at radius 1 is 1.13 bits per heavy atom. The van der Waals surface area contributed by atoms with E-state index in [0.717, 1.165) is 53.7 Å². The molecule has 2 aliphatic carbocycles. The molecule has 2 N–H and O–H groups in total. The van der Waals surface area contributed by atoms with Gasteiger partial charge in [-0.15, -0.1) is 0 Å². The molecule has 1 saturated heterocycles. The largest absolute Gasteiger partial charge is 0.495 e. The zero-order valence-corrected chi connectivity index (χ0v) is 17.6. The van der Waals surface area contributed by atoms with Crippen molar-refractivity contribution in [1.29, 1.82) is 0 Å². The average molecular weight is 423 g/mol. The molecule has 3 aliphatic rings. The van der Waals surface area contributed by atoms with Crippen molar-refractivity contribution < 1.29 is 9.13 Å². The zero-order valence-electron chi connectivity index (χ0n) is 17.6. The third-order valence-electron chi connectivity index (χ3n) is 6.56. The molecule has 0 amide bonds. The van der Waals surface area contributed by atoms with Crippen LogP contribution >= 0.6 is 0 Å². The van der Waals surface area contributed by atoms with Crippen LogP contribution in [0.2, 0.25) is 0 Å². The number of fused-ring (bicyclic) bond motifs is 1. The van der Waals surface area contributed by atoms with Crippen LogP contribution in [0.25, 0.3) is 17.0 Å². The van der Waals surface area contributed by atoms with E-state index in [1.807, 2.05) is 16.8 Å². The van der Waals surface area contributed by atoms with E-state index in [1.165, 1.54) is 18.4 Å². The number of anilines is 1. The van der Waals surface area contributed by atoms with E-state index in [1.54, 1.807) is 7.11 Å². The Bertz CT molecular complexity index is 1120. The minimum atomic E-state index is -0.873. The summed E-state index contributed by atoms with van der Waals surface area (Å²) in [7, 11) is 1.68. The Balaban J connectivity index is 1.41. The van der Waals surface area contributed by atoms with Crippen molar-refractivity contribution in [3.05, 3.63) is 35.7 Å². The Morgan fingerprint density at radius 3 is 2.71 bits per heavy atom. The van der Waals surface area contributed by atoms with Gasteiger partial charge in [0.15, 0.2) is 5.65 Å². The molecule has 6 rings (SSSR count). The molecule has 3 aromatic heterocycles. The first kappa shape index (κ1) is 19.0. The number of rotatable bonds is 6. The summed E-state index contributed by atoms with van der Waals surface area (Å²) in [6.45, 7) is 1.33. The van der Waals surface area contributed by atoms with Crippen LogP contribution in [-0.4, -0.2) is 52.0 Å². The summed E-state index contributed by atoms with van der Waals surface area (Å²) in [6.07, 6.45) is 6.13. The summed E-state index contributed by atoms with van der Waals surface area (Å²) in [4.78, 5) is 9.42. The second kappa shape index (κ2) is 7.44. The van der Waals surface area contributed by atoms with Crippen molar-refractivity contribution in [2.45, 2.75) is 56.2 Å². The van der Waals surface area contributed by atoms with E-state index in [0.29, 0.717) is 24.8 Å². The molecule has 2 atom stereocenters. The number of pyridine rings is 1. The second-order valence-electron chi connectivity index (χ2n) is 8.99. The highest BCUT2D eigenvalue weighted by Gasteiger charge is 2.31. The van der Waals surface area contributed by atoms with Gasteiger partial charge in [0.1, 0.15) is 29.1 Å². The minimum absolute atomic E-state index is 0.269. The molecule has 0 unspecified atom stereocenters. The third-order valence-corrected chi connectivity index (χ3v) is 6.56. The van der Waals surface area contributed by atoms with Crippen molar-refractivity contribution in [3.8, 4) is 17.1 Å². The molecule has 4 heterocycles. The number of piperidine rings is 1. The number of methoxy groups -OCH3 is 1. The molecular formula is C23H27FN6O. The Labute approximate surface area is 180 Å². The first-order valence-electron chi connectivity index (χ1n) is 11.3. The lowest BCUT2D eigenvalue weighted by atomic mass is 10.0. The molecule has 0 bridgehead atoms. The van der Waals surface area contributed by atoms with Crippen LogP contribution in [0.15, 0.2) is 24.4 Å². The lowest BCUT2D eigenvalue weighted by Gasteiger charge is -2.28. The van der Waals surface area contributed by atoms with Gasteiger partial charge in [-0.05, 0) is 62.3 Å². The average Bonchev–Trinajstić information content (AvgIpc) is 3.71. The van der Waals surface area contributed by atoms with E-state index >= 15 is 0 Å². The van der Waals surface area contributed by atoms with Crippen LogP contribution in [0.3, 0.4) is 0 Å². The maximum atomic E-state index is 14.4. The predicted octanol–water partition coefficient (Wildman–Crippen LogP) is 3.67. The van der Waals surface area contributed by atoms with Crippen LogP contribution in [0.1, 0.15) is 55.2 Å². The lowest BCUT2D eigenvalue weighted by Crippen LogP contribution is -2.46. The smallest absolute Gasteiger partial charge is 0.157 e. The minimum Gasteiger partial charge on any atom is -0.495 e. The van der Waals surface area contributed by atoms with Gasteiger partial charge in [-0.3, -0.25) is 0 Å². The maximum absolute atomic E-state index is 14.4. The molecule has 2 saturated carbocycles. The van der Waals surface area contributed by atoms with E-state index < -0.39 is 6.17 Å². The SMILES string of the molecule is COc1cc2ncc(-c3cc(C4CC4)cc(N[C@H]4CNCC[C@@H]4F)n3)n2nc1C1CC1. The number of hydrogen-bond acceptors (Lipinski definition) is 6. The van der Waals surface area contributed by atoms with E-state index in [2.05, 4.69) is 27.8 Å². The highest BCUT2D eigenvalue weighted by Crippen LogP contribution is 2.44. The quantitative estimate of drug-likeness (QED) is 0.631. The van der Waals surface area contributed by atoms with Crippen molar-refractivity contribution in [1.82, 2.24) is 24.9 Å². The number of halogens is 1. The molecule has 0 spiro atoms. The van der Waals surface area contributed by atoms with Gasteiger partial charge in [0.2, 0.25) is 0 Å².